The zero-order valence-electron chi connectivity index (χ0n) is 11.2. The molecule has 0 saturated heterocycles. The van der Waals surface area contributed by atoms with Gasteiger partial charge in [-0.2, -0.15) is 0 Å². The molecule has 1 rings (SSSR count). The number of methoxy groups -OCH3 is 1. The monoisotopic (exact) mass is 289 g/mol. The molecular formula is C14H21Cl2NO. The Morgan fingerprint density at radius 3 is 2.39 bits per heavy atom. The Morgan fingerprint density at radius 2 is 1.89 bits per heavy atom. The maximum Gasteiger partial charge on any atom is 0.0465 e. The quantitative estimate of drug-likeness (QED) is 0.824. The van der Waals surface area contributed by atoms with Gasteiger partial charge in [0, 0.05) is 29.8 Å². The lowest BCUT2D eigenvalue weighted by Gasteiger charge is -2.24. The van der Waals surface area contributed by atoms with Crippen LogP contribution in [0.3, 0.4) is 0 Å². The molecule has 0 saturated carbocycles. The van der Waals surface area contributed by atoms with Crippen molar-refractivity contribution in [3.8, 4) is 0 Å². The maximum atomic E-state index is 6.20. The highest BCUT2D eigenvalue weighted by molar-refractivity contribution is 6.35. The van der Waals surface area contributed by atoms with Gasteiger partial charge in [-0.3, -0.25) is 0 Å². The van der Waals surface area contributed by atoms with E-state index >= 15 is 0 Å². The summed E-state index contributed by atoms with van der Waals surface area (Å²) in [4.78, 5) is 0. The van der Waals surface area contributed by atoms with Crippen LogP contribution in [-0.4, -0.2) is 26.8 Å². The Hall–Kier alpha value is -0.280. The van der Waals surface area contributed by atoms with E-state index in [1.165, 1.54) is 0 Å². The molecule has 0 amide bonds. The lowest BCUT2D eigenvalue weighted by atomic mass is 9.92. The number of rotatable bonds is 7. The van der Waals surface area contributed by atoms with Crippen molar-refractivity contribution in [2.45, 2.75) is 25.8 Å². The SMILES string of the molecule is CNC(Cc1c(Cl)cccc1Cl)C(C)CCOC. The smallest absolute Gasteiger partial charge is 0.0465 e. The van der Waals surface area contributed by atoms with Crippen LogP contribution in [0.4, 0.5) is 0 Å². The highest BCUT2D eigenvalue weighted by atomic mass is 35.5. The van der Waals surface area contributed by atoms with Crippen molar-refractivity contribution >= 4 is 23.2 Å². The van der Waals surface area contributed by atoms with Crippen LogP contribution in [-0.2, 0) is 11.2 Å². The molecule has 0 aliphatic heterocycles. The first kappa shape index (κ1) is 15.8. The molecule has 0 fully saturated rings. The predicted molar refractivity (Wildman–Crippen MR) is 78.7 cm³/mol. The lowest BCUT2D eigenvalue weighted by Crippen LogP contribution is -2.35. The molecule has 4 heteroatoms. The van der Waals surface area contributed by atoms with Gasteiger partial charge in [-0.1, -0.05) is 36.2 Å². The Balaban J connectivity index is 2.73. The minimum absolute atomic E-state index is 0.345. The molecule has 102 valence electrons. The Kier molecular flexibility index (Phi) is 7.02. The van der Waals surface area contributed by atoms with Gasteiger partial charge in [0.05, 0.1) is 0 Å². The topological polar surface area (TPSA) is 21.3 Å². The van der Waals surface area contributed by atoms with Crippen LogP contribution >= 0.6 is 23.2 Å². The third kappa shape index (κ3) is 4.43. The standard InChI is InChI=1S/C14H21Cl2NO/c1-10(7-8-18-3)14(17-2)9-11-12(15)5-4-6-13(11)16/h4-6,10,14,17H,7-9H2,1-3H3. The molecule has 1 N–H and O–H groups in total. The first-order valence-corrected chi connectivity index (χ1v) is 6.94. The fourth-order valence-electron chi connectivity index (χ4n) is 2.04. The van der Waals surface area contributed by atoms with Gasteiger partial charge in [0.1, 0.15) is 0 Å². The molecule has 0 heterocycles. The normalized spacial score (nSPS) is 14.5. The van der Waals surface area contributed by atoms with Crippen LogP contribution in [0.5, 0.6) is 0 Å². The van der Waals surface area contributed by atoms with Gasteiger partial charge in [0.2, 0.25) is 0 Å². The highest BCUT2D eigenvalue weighted by Gasteiger charge is 2.18. The summed E-state index contributed by atoms with van der Waals surface area (Å²) in [5.74, 6) is 0.502. The molecule has 2 unspecified atom stereocenters. The number of hydrogen-bond acceptors (Lipinski definition) is 2. The molecule has 18 heavy (non-hydrogen) atoms. The van der Waals surface area contributed by atoms with E-state index in [4.69, 9.17) is 27.9 Å². The molecule has 0 radical (unpaired) electrons. The van der Waals surface area contributed by atoms with E-state index in [1.54, 1.807) is 7.11 Å². The lowest BCUT2D eigenvalue weighted by molar-refractivity contribution is 0.171. The highest BCUT2D eigenvalue weighted by Crippen LogP contribution is 2.27. The van der Waals surface area contributed by atoms with E-state index in [2.05, 4.69) is 12.2 Å². The van der Waals surface area contributed by atoms with E-state index in [-0.39, 0.29) is 0 Å². The first-order chi connectivity index (χ1) is 8.60. The Morgan fingerprint density at radius 1 is 1.28 bits per heavy atom. The molecule has 2 atom stereocenters. The van der Waals surface area contributed by atoms with Gasteiger partial charge in [0.25, 0.3) is 0 Å². The molecule has 0 aliphatic rings. The fourth-order valence-corrected chi connectivity index (χ4v) is 2.59. The first-order valence-electron chi connectivity index (χ1n) is 6.19. The molecule has 0 spiro atoms. The largest absolute Gasteiger partial charge is 0.385 e. The van der Waals surface area contributed by atoms with Crippen LogP contribution in [0.25, 0.3) is 0 Å². The van der Waals surface area contributed by atoms with Crippen molar-refractivity contribution in [3.05, 3.63) is 33.8 Å². The molecule has 0 aliphatic carbocycles. The Bertz CT molecular complexity index is 351. The second-order valence-corrected chi connectivity index (χ2v) is 5.37. The molecule has 2 nitrogen and oxygen atoms in total. The van der Waals surface area contributed by atoms with E-state index in [0.717, 1.165) is 35.1 Å². The number of ether oxygens (including phenoxy) is 1. The van der Waals surface area contributed by atoms with Gasteiger partial charge in [-0.05, 0) is 43.5 Å². The van der Waals surface area contributed by atoms with Crippen molar-refractivity contribution in [2.24, 2.45) is 5.92 Å². The van der Waals surface area contributed by atoms with E-state index in [9.17, 15) is 0 Å². The summed E-state index contributed by atoms with van der Waals surface area (Å²) in [6.07, 6.45) is 1.85. The molecule has 1 aromatic rings. The zero-order valence-corrected chi connectivity index (χ0v) is 12.7. The molecular weight excluding hydrogens is 269 g/mol. The summed E-state index contributed by atoms with van der Waals surface area (Å²) in [5.41, 5.74) is 1.02. The predicted octanol–water partition coefficient (Wildman–Crippen LogP) is 3.80. The zero-order chi connectivity index (χ0) is 13.5. The maximum absolute atomic E-state index is 6.20. The van der Waals surface area contributed by atoms with Gasteiger partial charge in [-0.25, -0.2) is 0 Å². The number of hydrogen-bond donors (Lipinski definition) is 1. The Labute approximate surface area is 120 Å². The van der Waals surface area contributed by atoms with Crippen molar-refractivity contribution < 1.29 is 4.74 Å². The number of halogens is 2. The minimum Gasteiger partial charge on any atom is -0.385 e. The van der Waals surface area contributed by atoms with Crippen LogP contribution in [0.15, 0.2) is 18.2 Å². The summed E-state index contributed by atoms with van der Waals surface area (Å²) < 4.78 is 5.12. The minimum atomic E-state index is 0.345. The third-order valence-corrected chi connectivity index (χ3v) is 4.03. The molecule has 1 aromatic carbocycles. The number of nitrogens with one attached hydrogen (secondary N) is 1. The summed E-state index contributed by atoms with van der Waals surface area (Å²) in [6.45, 7) is 2.99. The van der Waals surface area contributed by atoms with Crippen molar-refractivity contribution in [3.63, 3.8) is 0 Å². The second kappa shape index (κ2) is 8.00. The van der Waals surface area contributed by atoms with Crippen LogP contribution in [0.1, 0.15) is 18.9 Å². The van der Waals surface area contributed by atoms with Crippen molar-refractivity contribution in [1.29, 1.82) is 0 Å². The fraction of sp³-hybridized carbons (Fsp3) is 0.571. The van der Waals surface area contributed by atoms with E-state index in [0.29, 0.717) is 12.0 Å². The molecule has 0 bridgehead atoms. The second-order valence-electron chi connectivity index (χ2n) is 4.56. The average Bonchev–Trinajstić information content (AvgIpc) is 2.35. The summed E-state index contributed by atoms with van der Waals surface area (Å²) in [7, 11) is 3.70. The van der Waals surface area contributed by atoms with E-state index in [1.807, 2.05) is 25.2 Å². The molecule has 0 aromatic heterocycles. The van der Waals surface area contributed by atoms with Gasteiger partial charge in [-0.15, -0.1) is 0 Å². The van der Waals surface area contributed by atoms with Crippen LogP contribution in [0.2, 0.25) is 10.0 Å². The van der Waals surface area contributed by atoms with Crippen LogP contribution < -0.4 is 5.32 Å². The van der Waals surface area contributed by atoms with E-state index < -0.39 is 0 Å². The summed E-state index contributed by atoms with van der Waals surface area (Å²) in [5, 5.41) is 4.82. The van der Waals surface area contributed by atoms with Gasteiger partial charge < -0.3 is 10.1 Å². The third-order valence-electron chi connectivity index (χ3n) is 3.32. The van der Waals surface area contributed by atoms with Crippen molar-refractivity contribution in [1.82, 2.24) is 5.32 Å². The van der Waals surface area contributed by atoms with Crippen molar-refractivity contribution in [2.75, 3.05) is 20.8 Å². The summed E-state index contributed by atoms with van der Waals surface area (Å²) >= 11 is 12.4. The van der Waals surface area contributed by atoms with Gasteiger partial charge in [0.15, 0.2) is 0 Å². The average molecular weight is 290 g/mol. The summed E-state index contributed by atoms with van der Waals surface area (Å²) in [6, 6.07) is 5.99. The number of likely N-dealkylation sites (N-methyl/N-ethyl adjacent to an activating group) is 1. The van der Waals surface area contributed by atoms with Gasteiger partial charge >= 0.3 is 0 Å². The number of benzene rings is 1. The van der Waals surface area contributed by atoms with Crippen LogP contribution in [0, 0.1) is 5.92 Å².